The van der Waals surface area contributed by atoms with Crippen molar-refractivity contribution in [1.82, 2.24) is 20.4 Å². The van der Waals surface area contributed by atoms with Gasteiger partial charge in [-0.3, -0.25) is 4.98 Å². The number of aromatic nitrogens is 4. The van der Waals surface area contributed by atoms with Crippen LogP contribution in [0.1, 0.15) is 42.0 Å². The Bertz CT molecular complexity index is 1580. The van der Waals surface area contributed by atoms with Crippen LogP contribution in [0.2, 0.25) is 0 Å². The molecule has 1 N–H and O–H groups in total. The minimum atomic E-state index is 0.616. The highest BCUT2D eigenvalue weighted by Gasteiger charge is 2.23. The van der Waals surface area contributed by atoms with Gasteiger partial charge in [-0.1, -0.05) is 76.6 Å². The minimum Gasteiger partial charge on any atom is -0.256 e. The number of hydrogen-bond acceptors (Lipinski definition) is 3. The predicted octanol–water partition coefficient (Wildman–Crippen LogP) is 8.16. The van der Waals surface area contributed by atoms with Gasteiger partial charge in [-0.2, -0.15) is 15.4 Å². The normalized spacial score (nSPS) is 15.0. The van der Waals surface area contributed by atoms with Crippen LogP contribution in [0, 0.1) is 0 Å². The van der Waals surface area contributed by atoms with E-state index in [1.54, 1.807) is 5.56 Å². The number of rotatable bonds is 3. The van der Waals surface area contributed by atoms with Crippen molar-refractivity contribution in [1.29, 1.82) is 0 Å². The fraction of sp³-hybridized carbons (Fsp3) is 0.194. The number of fused-ring (bicyclic) bond motifs is 6. The van der Waals surface area contributed by atoms with E-state index in [1.165, 1.54) is 56.2 Å². The summed E-state index contributed by atoms with van der Waals surface area (Å²) in [5, 5.41) is 17.5. The van der Waals surface area contributed by atoms with E-state index in [1.807, 2.05) is 36.7 Å². The second-order valence-corrected chi connectivity index (χ2v) is 10.3. The second kappa shape index (κ2) is 10.2. The molecule has 0 amide bonds. The molecule has 0 saturated carbocycles. The maximum absolute atomic E-state index is 4.21. The van der Waals surface area contributed by atoms with Crippen LogP contribution < -0.4 is 0 Å². The van der Waals surface area contributed by atoms with E-state index in [-0.39, 0.29) is 0 Å². The van der Waals surface area contributed by atoms with Crippen LogP contribution in [0.3, 0.4) is 0 Å². The average molecular weight is 535 g/mol. The molecule has 0 bridgehead atoms. The molecule has 7 rings (SSSR count). The molecule has 2 aromatic heterocycles. The molecule has 4 nitrogen and oxygen atoms in total. The molecule has 1 atom stereocenters. The number of aromatic amines is 1. The number of pyridine rings is 1. The number of halogens is 1. The van der Waals surface area contributed by atoms with Gasteiger partial charge in [0.05, 0.1) is 17.4 Å². The molecule has 1 aliphatic rings. The summed E-state index contributed by atoms with van der Waals surface area (Å²) in [5.74, 6) is 0.616. The molecule has 4 aromatic carbocycles. The lowest BCUT2D eigenvalue weighted by atomic mass is 9.78. The Hall–Kier alpha value is -3.57. The fourth-order valence-corrected chi connectivity index (χ4v) is 6.11. The molecular weight excluding hydrogens is 508 g/mol. The zero-order valence-corrected chi connectivity index (χ0v) is 21.6. The first-order valence-electron chi connectivity index (χ1n) is 12.5. The third-order valence-electron chi connectivity index (χ3n) is 7.28. The largest absolute Gasteiger partial charge is 0.256 e. The van der Waals surface area contributed by atoms with E-state index in [0.29, 0.717) is 5.92 Å². The van der Waals surface area contributed by atoms with Gasteiger partial charge in [0.15, 0.2) is 0 Å². The maximum Gasteiger partial charge on any atom is 0.0824 e. The number of hydrogen-bond donors (Lipinski definition) is 1. The summed E-state index contributed by atoms with van der Waals surface area (Å²) < 4.78 is 1.19. The van der Waals surface area contributed by atoms with E-state index >= 15 is 0 Å². The Morgan fingerprint density at radius 3 is 2.53 bits per heavy atom. The van der Waals surface area contributed by atoms with Crippen molar-refractivity contribution in [2.75, 3.05) is 0 Å². The van der Waals surface area contributed by atoms with Crippen LogP contribution in [0.4, 0.5) is 0 Å². The van der Waals surface area contributed by atoms with Crippen molar-refractivity contribution in [3.63, 3.8) is 0 Å². The van der Waals surface area contributed by atoms with Gasteiger partial charge in [-0.05, 0) is 88.9 Å². The van der Waals surface area contributed by atoms with E-state index in [4.69, 9.17) is 0 Å². The summed E-state index contributed by atoms with van der Waals surface area (Å²) in [5.41, 5.74) is 5.21. The van der Waals surface area contributed by atoms with Gasteiger partial charge < -0.3 is 0 Å². The Balaban J connectivity index is 0.000000200. The number of benzene rings is 4. The predicted molar refractivity (Wildman–Crippen MR) is 151 cm³/mol. The number of aryl methyl sites for hydroxylation is 2. The van der Waals surface area contributed by atoms with Crippen LogP contribution in [0.25, 0.3) is 32.4 Å². The van der Waals surface area contributed by atoms with Crippen LogP contribution in [0.15, 0.2) is 95.7 Å². The van der Waals surface area contributed by atoms with Gasteiger partial charge >= 0.3 is 0 Å². The first-order valence-corrected chi connectivity index (χ1v) is 13.3. The molecule has 0 saturated heterocycles. The molecule has 5 heteroatoms. The molecule has 0 fully saturated rings. The molecule has 6 aromatic rings. The van der Waals surface area contributed by atoms with E-state index < -0.39 is 0 Å². The molecule has 1 unspecified atom stereocenters. The number of para-hydroxylation sites is 1. The van der Waals surface area contributed by atoms with Crippen molar-refractivity contribution < 1.29 is 0 Å². The van der Waals surface area contributed by atoms with Crippen LogP contribution in [-0.4, -0.2) is 20.4 Å². The third kappa shape index (κ3) is 4.51. The van der Waals surface area contributed by atoms with Crippen LogP contribution in [-0.2, 0) is 12.8 Å². The number of nitrogens with zero attached hydrogens (tertiary/aromatic N) is 3. The summed E-state index contributed by atoms with van der Waals surface area (Å²) in [6, 6.07) is 27.8. The average Bonchev–Trinajstić information content (AvgIpc) is 3.46. The summed E-state index contributed by atoms with van der Waals surface area (Å²) in [7, 11) is 0. The summed E-state index contributed by atoms with van der Waals surface area (Å²) in [4.78, 5) is 4.18. The van der Waals surface area contributed by atoms with Crippen LogP contribution in [0.5, 0.6) is 0 Å². The molecule has 2 heterocycles. The van der Waals surface area contributed by atoms with Gasteiger partial charge in [-0.25, -0.2) is 0 Å². The molecule has 0 spiro atoms. The Morgan fingerprint density at radius 1 is 0.861 bits per heavy atom. The molecule has 0 aliphatic heterocycles. The molecule has 1 aliphatic carbocycles. The Kier molecular flexibility index (Phi) is 6.48. The van der Waals surface area contributed by atoms with Crippen molar-refractivity contribution in [3.8, 4) is 0 Å². The van der Waals surface area contributed by atoms with Gasteiger partial charge in [0.1, 0.15) is 0 Å². The van der Waals surface area contributed by atoms with E-state index in [2.05, 4.69) is 90.9 Å². The van der Waals surface area contributed by atoms with Crippen molar-refractivity contribution >= 4 is 48.4 Å². The fourth-order valence-electron chi connectivity index (χ4n) is 5.54. The topological polar surface area (TPSA) is 54.5 Å². The van der Waals surface area contributed by atoms with Gasteiger partial charge in [0.2, 0.25) is 0 Å². The molecule has 36 heavy (non-hydrogen) atoms. The quantitative estimate of drug-likeness (QED) is 0.233. The Labute approximate surface area is 218 Å². The highest BCUT2D eigenvalue weighted by Crippen LogP contribution is 2.41. The number of nitrogens with one attached hydrogen (secondary N) is 1. The van der Waals surface area contributed by atoms with Crippen molar-refractivity contribution in [2.45, 2.75) is 38.0 Å². The first-order chi connectivity index (χ1) is 17.8. The number of H-pyrrole nitrogens is 1. The molecular formula is C31H27BrN4. The summed E-state index contributed by atoms with van der Waals surface area (Å²) >= 11 is 3.80. The smallest absolute Gasteiger partial charge is 0.0824 e. The highest BCUT2D eigenvalue weighted by atomic mass is 79.9. The van der Waals surface area contributed by atoms with Gasteiger partial charge in [0, 0.05) is 16.1 Å². The van der Waals surface area contributed by atoms with Gasteiger partial charge in [0.25, 0.3) is 0 Å². The zero-order chi connectivity index (χ0) is 24.3. The standard InChI is InChI=1S/C22H20BrN3.C9H7N/c23-22-12-21-17-7-3-4-14(8-9-15-13-24-26-25-15)16(17)10-11-19(21)18-5-1-2-6-20(18)22;1-2-6-9-8(4-1)5-3-7-10-9/h1-2,5-6,10-14H,3-4,7-9H2,(H,24,25,26);1-7H. The summed E-state index contributed by atoms with van der Waals surface area (Å²) in [6.07, 6.45) is 9.48. The van der Waals surface area contributed by atoms with Crippen molar-refractivity contribution in [3.05, 3.63) is 113 Å². The van der Waals surface area contributed by atoms with E-state index in [0.717, 1.165) is 24.1 Å². The molecule has 0 radical (unpaired) electrons. The monoisotopic (exact) mass is 534 g/mol. The lowest BCUT2D eigenvalue weighted by molar-refractivity contribution is 0.520. The highest BCUT2D eigenvalue weighted by molar-refractivity contribution is 9.10. The third-order valence-corrected chi connectivity index (χ3v) is 7.94. The lowest BCUT2D eigenvalue weighted by Crippen LogP contribution is -2.11. The zero-order valence-electron chi connectivity index (χ0n) is 20.0. The summed E-state index contributed by atoms with van der Waals surface area (Å²) in [6.45, 7) is 0. The van der Waals surface area contributed by atoms with Gasteiger partial charge in [-0.15, -0.1) is 0 Å². The second-order valence-electron chi connectivity index (χ2n) is 9.42. The molecule has 178 valence electrons. The maximum atomic E-state index is 4.21. The first kappa shape index (κ1) is 22.9. The van der Waals surface area contributed by atoms with Crippen molar-refractivity contribution in [2.24, 2.45) is 0 Å². The minimum absolute atomic E-state index is 0.616. The SMILES string of the molecule is Brc1cc2c3c(ccc2c2ccccc12)C(CCc1cn[nH]n1)CCC3.c1ccc2ncccc2c1. The van der Waals surface area contributed by atoms with E-state index in [9.17, 15) is 0 Å². The Morgan fingerprint density at radius 2 is 1.67 bits per heavy atom. The van der Waals surface area contributed by atoms with Crippen LogP contribution >= 0.6 is 15.9 Å². The lowest BCUT2D eigenvalue weighted by Gasteiger charge is -2.27.